The summed E-state index contributed by atoms with van der Waals surface area (Å²) in [4.78, 5) is 7.65. The Kier molecular flexibility index (Phi) is 2.27. The van der Waals surface area contributed by atoms with Crippen LogP contribution >= 0.6 is 0 Å². The highest BCUT2D eigenvalue weighted by Crippen LogP contribution is 1.95. The summed E-state index contributed by atoms with van der Waals surface area (Å²) in [5.41, 5.74) is 0. The Hall–Kier alpha value is -1.56. The lowest BCUT2D eigenvalue weighted by Crippen LogP contribution is -1.99. The fourth-order valence-corrected chi connectivity index (χ4v) is 0.537. The van der Waals surface area contributed by atoms with Crippen molar-refractivity contribution in [1.82, 2.24) is 9.97 Å². The number of nitrogens with zero attached hydrogens (tertiary/aromatic N) is 2. The van der Waals surface area contributed by atoms with Crippen LogP contribution in [-0.4, -0.2) is 16.5 Å². The smallest absolute Gasteiger partial charge is 0.130 e. The molecule has 0 unspecified atom stereocenters. The number of hydrogen-bond acceptors (Lipinski definition) is 3. The summed E-state index contributed by atoms with van der Waals surface area (Å²) in [6.45, 7) is 0.497. The van der Waals surface area contributed by atoms with Crippen LogP contribution in [0.3, 0.4) is 0 Å². The third-order valence-electron chi connectivity index (χ3n) is 0.954. The first-order valence-electron chi connectivity index (χ1n) is 2.87. The molecule has 50 valence electrons. The molecule has 0 saturated carbocycles. The first-order valence-corrected chi connectivity index (χ1v) is 2.87. The molecule has 1 aromatic rings. The van der Waals surface area contributed by atoms with E-state index in [0.717, 1.165) is 5.82 Å². The van der Waals surface area contributed by atoms with Gasteiger partial charge in [0.1, 0.15) is 12.1 Å². The largest absolute Gasteiger partial charge is 0.359 e. The lowest BCUT2D eigenvalue weighted by Gasteiger charge is -1.96. The van der Waals surface area contributed by atoms with Crippen molar-refractivity contribution in [3.63, 3.8) is 0 Å². The van der Waals surface area contributed by atoms with Crippen molar-refractivity contribution < 1.29 is 0 Å². The third kappa shape index (κ3) is 1.75. The Morgan fingerprint density at radius 2 is 2.60 bits per heavy atom. The quantitative estimate of drug-likeness (QED) is 0.598. The highest BCUT2D eigenvalue weighted by Gasteiger charge is 1.85. The van der Waals surface area contributed by atoms with E-state index < -0.39 is 0 Å². The normalized spacial score (nSPS) is 8.30. The Bertz CT molecular complexity index is 224. The van der Waals surface area contributed by atoms with Crippen LogP contribution in [0.1, 0.15) is 0 Å². The number of anilines is 1. The molecule has 0 aliphatic heterocycles. The summed E-state index contributed by atoms with van der Waals surface area (Å²) in [6, 6.07) is 1.76. The average Bonchev–Trinajstić information content (AvgIpc) is 2.03. The van der Waals surface area contributed by atoms with Crippen LogP contribution < -0.4 is 5.32 Å². The van der Waals surface area contributed by atoms with E-state index in [0.29, 0.717) is 6.54 Å². The number of terminal acetylenes is 1. The fraction of sp³-hybridized carbons (Fsp3) is 0.143. The molecule has 0 fully saturated rings. The molecule has 1 aromatic heterocycles. The lowest BCUT2D eigenvalue weighted by atomic mass is 10.5. The van der Waals surface area contributed by atoms with Gasteiger partial charge in [-0.05, 0) is 6.07 Å². The summed E-state index contributed by atoms with van der Waals surface area (Å²) in [7, 11) is 0. The SMILES string of the molecule is C#CCNc1ccncn1. The second kappa shape index (κ2) is 3.46. The van der Waals surface area contributed by atoms with E-state index in [2.05, 4.69) is 21.2 Å². The maximum Gasteiger partial charge on any atom is 0.130 e. The van der Waals surface area contributed by atoms with Crippen molar-refractivity contribution >= 4 is 5.82 Å². The maximum absolute atomic E-state index is 5.02. The van der Waals surface area contributed by atoms with Crippen LogP contribution in [0.25, 0.3) is 0 Å². The van der Waals surface area contributed by atoms with E-state index in [1.165, 1.54) is 6.33 Å². The summed E-state index contributed by atoms with van der Waals surface area (Å²) in [5.74, 6) is 3.20. The topological polar surface area (TPSA) is 37.8 Å². The Labute approximate surface area is 59.5 Å². The average molecular weight is 133 g/mol. The molecule has 0 amide bonds. The molecule has 3 heteroatoms. The van der Waals surface area contributed by atoms with Crippen molar-refractivity contribution in [3.8, 4) is 12.3 Å². The minimum atomic E-state index is 0.497. The fourth-order valence-electron chi connectivity index (χ4n) is 0.537. The molecule has 0 atom stereocenters. The first-order chi connectivity index (χ1) is 4.93. The molecule has 10 heavy (non-hydrogen) atoms. The maximum atomic E-state index is 5.02. The molecule has 0 aromatic carbocycles. The predicted molar refractivity (Wildman–Crippen MR) is 39.4 cm³/mol. The first kappa shape index (κ1) is 6.56. The molecule has 0 saturated heterocycles. The molecular weight excluding hydrogens is 126 g/mol. The van der Waals surface area contributed by atoms with E-state index in [1.807, 2.05) is 0 Å². The zero-order valence-corrected chi connectivity index (χ0v) is 5.41. The second-order valence-corrected chi connectivity index (χ2v) is 1.65. The van der Waals surface area contributed by atoms with E-state index in [1.54, 1.807) is 12.3 Å². The van der Waals surface area contributed by atoms with Gasteiger partial charge in [-0.3, -0.25) is 0 Å². The van der Waals surface area contributed by atoms with Gasteiger partial charge in [0.25, 0.3) is 0 Å². The van der Waals surface area contributed by atoms with Crippen LogP contribution in [0.4, 0.5) is 5.82 Å². The van der Waals surface area contributed by atoms with Crippen LogP contribution in [0.15, 0.2) is 18.6 Å². The van der Waals surface area contributed by atoms with Gasteiger partial charge in [0.2, 0.25) is 0 Å². The van der Waals surface area contributed by atoms with Crippen LogP contribution in [-0.2, 0) is 0 Å². The van der Waals surface area contributed by atoms with E-state index in [-0.39, 0.29) is 0 Å². The number of hydrogen-bond donors (Lipinski definition) is 1. The van der Waals surface area contributed by atoms with Crippen molar-refractivity contribution in [2.24, 2.45) is 0 Å². The molecular formula is C7H7N3. The van der Waals surface area contributed by atoms with Gasteiger partial charge in [0.15, 0.2) is 0 Å². The van der Waals surface area contributed by atoms with Gasteiger partial charge in [0.05, 0.1) is 6.54 Å². The van der Waals surface area contributed by atoms with Crippen LogP contribution in [0.5, 0.6) is 0 Å². The van der Waals surface area contributed by atoms with Crippen molar-refractivity contribution in [2.45, 2.75) is 0 Å². The number of rotatable bonds is 2. The van der Waals surface area contributed by atoms with Gasteiger partial charge >= 0.3 is 0 Å². The molecule has 3 nitrogen and oxygen atoms in total. The Balaban J connectivity index is 2.52. The second-order valence-electron chi connectivity index (χ2n) is 1.65. The monoisotopic (exact) mass is 133 g/mol. The summed E-state index contributed by atoms with van der Waals surface area (Å²) in [6.07, 6.45) is 8.15. The van der Waals surface area contributed by atoms with Crippen LogP contribution in [0, 0.1) is 12.3 Å². The van der Waals surface area contributed by atoms with Gasteiger partial charge in [-0.2, -0.15) is 0 Å². The van der Waals surface area contributed by atoms with Gasteiger partial charge in [0, 0.05) is 6.20 Å². The minimum Gasteiger partial charge on any atom is -0.359 e. The van der Waals surface area contributed by atoms with E-state index >= 15 is 0 Å². The molecule has 0 bridgehead atoms. The van der Waals surface area contributed by atoms with Crippen molar-refractivity contribution in [2.75, 3.05) is 11.9 Å². The molecule has 1 rings (SSSR count). The van der Waals surface area contributed by atoms with Gasteiger partial charge in [-0.25, -0.2) is 9.97 Å². The molecule has 0 aliphatic carbocycles. The summed E-state index contributed by atoms with van der Waals surface area (Å²) in [5, 5.41) is 2.91. The van der Waals surface area contributed by atoms with Gasteiger partial charge < -0.3 is 5.32 Å². The predicted octanol–water partition coefficient (Wildman–Crippen LogP) is 0.522. The third-order valence-corrected chi connectivity index (χ3v) is 0.954. The highest BCUT2D eigenvalue weighted by atomic mass is 15.0. The van der Waals surface area contributed by atoms with Crippen molar-refractivity contribution in [1.29, 1.82) is 0 Å². The molecule has 0 spiro atoms. The minimum absolute atomic E-state index is 0.497. The zero-order chi connectivity index (χ0) is 7.23. The molecule has 0 radical (unpaired) electrons. The van der Waals surface area contributed by atoms with Gasteiger partial charge in [-0.1, -0.05) is 5.92 Å². The highest BCUT2D eigenvalue weighted by molar-refractivity contribution is 5.32. The van der Waals surface area contributed by atoms with E-state index in [4.69, 9.17) is 6.42 Å². The standard InChI is InChI=1S/C7H7N3/c1-2-4-9-7-3-5-8-6-10-7/h1,3,5-6H,4H2,(H,8,9,10). The van der Waals surface area contributed by atoms with E-state index in [9.17, 15) is 0 Å². The van der Waals surface area contributed by atoms with Gasteiger partial charge in [-0.15, -0.1) is 6.42 Å². The number of nitrogens with one attached hydrogen (secondary N) is 1. The van der Waals surface area contributed by atoms with Crippen molar-refractivity contribution in [3.05, 3.63) is 18.6 Å². The Morgan fingerprint density at radius 1 is 1.70 bits per heavy atom. The Morgan fingerprint density at radius 3 is 3.20 bits per heavy atom. The zero-order valence-electron chi connectivity index (χ0n) is 5.41. The van der Waals surface area contributed by atoms with Crippen LogP contribution in [0.2, 0.25) is 0 Å². The summed E-state index contributed by atoms with van der Waals surface area (Å²) < 4.78 is 0. The lowest BCUT2D eigenvalue weighted by molar-refractivity contribution is 1.15. The summed E-state index contributed by atoms with van der Waals surface area (Å²) >= 11 is 0. The number of aromatic nitrogens is 2. The molecule has 1 heterocycles. The molecule has 1 N–H and O–H groups in total. The molecule has 0 aliphatic rings.